The summed E-state index contributed by atoms with van der Waals surface area (Å²) in [6.45, 7) is 7.04. The van der Waals surface area contributed by atoms with Crippen LogP contribution in [0.3, 0.4) is 0 Å². The lowest BCUT2D eigenvalue weighted by Gasteiger charge is -2.11. The van der Waals surface area contributed by atoms with Gasteiger partial charge in [-0.1, -0.05) is 17.7 Å². The molecule has 0 fully saturated rings. The van der Waals surface area contributed by atoms with Crippen LogP contribution in [0.25, 0.3) is 16.6 Å². The first-order valence-corrected chi connectivity index (χ1v) is 8.17. The number of hydrogen-bond donors (Lipinski definition) is 0. The fourth-order valence-corrected chi connectivity index (χ4v) is 3.36. The fraction of sp³-hybridized carbons (Fsp3) is 0.238. The first kappa shape index (κ1) is 17.0. The number of carbonyl (C=O) groups excluding carboxylic acids is 2. The van der Waals surface area contributed by atoms with Crippen molar-refractivity contribution in [2.75, 3.05) is 7.11 Å². The van der Waals surface area contributed by atoms with Gasteiger partial charge in [-0.05, 0) is 52.0 Å². The van der Waals surface area contributed by atoms with Crippen molar-refractivity contribution in [2.45, 2.75) is 27.7 Å². The van der Waals surface area contributed by atoms with Crippen LogP contribution in [0.1, 0.15) is 45.8 Å². The van der Waals surface area contributed by atoms with E-state index in [1.54, 1.807) is 13.0 Å². The molecule has 0 atom stereocenters. The number of hydrogen-bond acceptors (Lipinski definition) is 3. The Morgan fingerprint density at radius 2 is 1.60 bits per heavy atom. The predicted molar refractivity (Wildman–Crippen MR) is 99.3 cm³/mol. The van der Waals surface area contributed by atoms with Crippen LogP contribution in [0, 0.1) is 13.8 Å². The van der Waals surface area contributed by atoms with Gasteiger partial charge in [0.15, 0.2) is 11.6 Å². The van der Waals surface area contributed by atoms with Crippen molar-refractivity contribution in [3.05, 3.63) is 58.8 Å². The summed E-state index contributed by atoms with van der Waals surface area (Å²) in [5.74, 6) is 0.409. The largest absolute Gasteiger partial charge is 0.496 e. The zero-order valence-corrected chi connectivity index (χ0v) is 15.1. The van der Waals surface area contributed by atoms with Gasteiger partial charge in [-0.3, -0.25) is 9.59 Å². The van der Waals surface area contributed by atoms with Crippen LogP contribution in [-0.2, 0) is 0 Å². The van der Waals surface area contributed by atoms with Crippen LogP contribution in [0.4, 0.5) is 0 Å². The normalized spacial score (nSPS) is 10.9. The summed E-state index contributed by atoms with van der Waals surface area (Å²) in [5, 5.41) is 0.799. The number of rotatable bonds is 4. The number of aromatic nitrogens is 1. The van der Waals surface area contributed by atoms with Gasteiger partial charge in [0.1, 0.15) is 5.75 Å². The Kier molecular flexibility index (Phi) is 4.21. The maximum Gasteiger partial charge on any atom is 0.163 e. The van der Waals surface area contributed by atoms with Crippen molar-refractivity contribution in [2.24, 2.45) is 0 Å². The molecule has 0 aliphatic carbocycles. The lowest BCUT2D eigenvalue weighted by Crippen LogP contribution is -2.00. The Bertz CT molecular complexity index is 994. The van der Waals surface area contributed by atoms with E-state index in [9.17, 15) is 9.59 Å². The van der Waals surface area contributed by atoms with Crippen molar-refractivity contribution >= 4 is 22.5 Å². The molecule has 0 spiro atoms. The molecule has 1 aromatic heterocycles. The molecule has 3 aromatic rings. The molecule has 25 heavy (non-hydrogen) atoms. The smallest absolute Gasteiger partial charge is 0.163 e. The summed E-state index contributed by atoms with van der Waals surface area (Å²) in [6, 6.07) is 11.7. The third-order valence-corrected chi connectivity index (χ3v) is 4.55. The minimum atomic E-state index is -0.0718. The standard InChI is InChI=1S/C21H21NO3/c1-12-6-8-16(9-7-12)22-13(2)21(15(4)24)18-11-20(25-5)17(14(3)23)10-19(18)22/h6-11H,1-5H3. The van der Waals surface area contributed by atoms with E-state index < -0.39 is 0 Å². The number of ketones is 2. The average Bonchev–Trinajstić information content (AvgIpc) is 2.85. The van der Waals surface area contributed by atoms with E-state index in [1.165, 1.54) is 14.0 Å². The monoisotopic (exact) mass is 335 g/mol. The highest BCUT2D eigenvalue weighted by atomic mass is 16.5. The van der Waals surface area contributed by atoms with Gasteiger partial charge in [0.05, 0.1) is 18.2 Å². The molecule has 3 rings (SSSR count). The van der Waals surface area contributed by atoms with Gasteiger partial charge in [0.2, 0.25) is 0 Å². The van der Waals surface area contributed by atoms with E-state index in [0.717, 1.165) is 27.8 Å². The summed E-state index contributed by atoms with van der Waals surface area (Å²) < 4.78 is 7.40. The number of benzene rings is 2. The van der Waals surface area contributed by atoms with Gasteiger partial charge < -0.3 is 9.30 Å². The highest BCUT2D eigenvalue weighted by Crippen LogP contribution is 2.34. The molecule has 0 saturated carbocycles. The maximum atomic E-state index is 12.3. The molecule has 128 valence electrons. The second kappa shape index (κ2) is 6.20. The molecular weight excluding hydrogens is 314 g/mol. The zero-order valence-electron chi connectivity index (χ0n) is 15.1. The summed E-state index contributed by atoms with van der Waals surface area (Å²) in [5.41, 5.74) is 4.97. The fourth-order valence-electron chi connectivity index (χ4n) is 3.36. The molecule has 0 N–H and O–H groups in total. The molecule has 0 aliphatic heterocycles. The average molecular weight is 335 g/mol. The number of fused-ring (bicyclic) bond motifs is 1. The van der Waals surface area contributed by atoms with E-state index in [0.29, 0.717) is 16.9 Å². The van der Waals surface area contributed by atoms with E-state index >= 15 is 0 Å². The van der Waals surface area contributed by atoms with Crippen LogP contribution >= 0.6 is 0 Å². The van der Waals surface area contributed by atoms with Crippen LogP contribution in [-0.4, -0.2) is 23.2 Å². The summed E-state index contributed by atoms with van der Waals surface area (Å²) in [7, 11) is 1.53. The third kappa shape index (κ3) is 2.74. The molecule has 0 radical (unpaired) electrons. The van der Waals surface area contributed by atoms with Crippen molar-refractivity contribution in [3.63, 3.8) is 0 Å². The zero-order chi connectivity index (χ0) is 18.3. The van der Waals surface area contributed by atoms with Gasteiger partial charge >= 0.3 is 0 Å². The molecular formula is C21H21NO3. The predicted octanol–water partition coefficient (Wildman–Crippen LogP) is 4.66. The number of aryl methyl sites for hydroxylation is 1. The van der Waals surface area contributed by atoms with Gasteiger partial charge in [-0.25, -0.2) is 0 Å². The Labute approximate surface area is 147 Å². The molecule has 0 unspecified atom stereocenters. The minimum absolute atomic E-state index is 0.00834. The van der Waals surface area contributed by atoms with Crippen molar-refractivity contribution < 1.29 is 14.3 Å². The molecule has 2 aromatic carbocycles. The molecule has 0 aliphatic rings. The molecule has 0 amide bonds. The SMILES string of the molecule is COc1cc2c(C(C)=O)c(C)n(-c3ccc(C)cc3)c2cc1C(C)=O. The molecule has 0 saturated heterocycles. The second-order valence-electron chi connectivity index (χ2n) is 6.31. The first-order valence-electron chi connectivity index (χ1n) is 8.17. The topological polar surface area (TPSA) is 48.3 Å². The number of ether oxygens (including phenoxy) is 1. The van der Waals surface area contributed by atoms with Crippen LogP contribution in [0.2, 0.25) is 0 Å². The molecule has 4 heteroatoms. The Balaban J connectivity index is 2.45. The summed E-state index contributed by atoms with van der Waals surface area (Å²) >= 11 is 0. The first-order chi connectivity index (χ1) is 11.8. The molecule has 0 bridgehead atoms. The highest BCUT2D eigenvalue weighted by Gasteiger charge is 2.21. The van der Waals surface area contributed by atoms with Gasteiger partial charge in [-0.15, -0.1) is 0 Å². The second-order valence-corrected chi connectivity index (χ2v) is 6.31. The van der Waals surface area contributed by atoms with E-state index in [4.69, 9.17) is 4.74 Å². The Morgan fingerprint density at radius 1 is 0.960 bits per heavy atom. The van der Waals surface area contributed by atoms with Crippen molar-refractivity contribution in [3.8, 4) is 11.4 Å². The van der Waals surface area contributed by atoms with Gasteiger partial charge in [0, 0.05) is 22.3 Å². The Morgan fingerprint density at radius 3 is 2.12 bits per heavy atom. The van der Waals surface area contributed by atoms with Crippen LogP contribution in [0.5, 0.6) is 5.75 Å². The number of carbonyl (C=O) groups is 2. The number of methoxy groups -OCH3 is 1. The van der Waals surface area contributed by atoms with E-state index in [-0.39, 0.29) is 11.6 Å². The van der Waals surface area contributed by atoms with Gasteiger partial charge in [-0.2, -0.15) is 0 Å². The summed E-state index contributed by atoms with van der Waals surface area (Å²) in [6.07, 6.45) is 0. The van der Waals surface area contributed by atoms with Crippen molar-refractivity contribution in [1.82, 2.24) is 4.57 Å². The molecule has 4 nitrogen and oxygen atoms in total. The maximum absolute atomic E-state index is 12.3. The molecule has 1 heterocycles. The lowest BCUT2D eigenvalue weighted by atomic mass is 10.0. The van der Waals surface area contributed by atoms with Crippen LogP contribution in [0.15, 0.2) is 36.4 Å². The lowest BCUT2D eigenvalue weighted by molar-refractivity contribution is 0.100. The minimum Gasteiger partial charge on any atom is -0.496 e. The number of nitrogens with zero attached hydrogens (tertiary/aromatic N) is 1. The Hall–Kier alpha value is -2.88. The number of Topliss-reactive ketones (excluding diaryl/α,β-unsaturated/α-hetero) is 2. The van der Waals surface area contributed by atoms with Crippen LogP contribution < -0.4 is 4.74 Å². The van der Waals surface area contributed by atoms with E-state index in [1.807, 2.05) is 48.7 Å². The quantitative estimate of drug-likeness (QED) is 0.651. The highest BCUT2D eigenvalue weighted by molar-refractivity contribution is 6.11. The van der Waals surface area contributed by atoms with Crippen molar-refractivity contribution in [1.29, 1.82) is 0 Å². The van der Waals surface area contributed by atoms with E-state index in [2.05, 4.69) is 0 Å². The third-order valence-electron chi connectivity index (χ3n) is 4.55. The summed E-state index contributed by atoms with van der Waals surface area (Å²) in [4.78, 5) is 24.3. The van der Waals surface area contributed by atoms with Gasteiger partial charge in [0.25, 0.3) is 0 Å².